The Labute approximate surface area is 147 Å². The first-order valence-corrected chi connectivity index (χ1v) is 8.68. The highest BCUT2D eigenvalue weighted by Crippen LogP contribution is 2.23. The Bertz CT molecular complexity index is 740. The molecule has 0 saturated heterocycles. The Hall–Kier alpha value is -2.63. The van der Waals surface area contributed by atoms with E-state index in [1.807, 2.05) is 30.3 Å². The second-order valence-corrected chi connectivity index (χ2v) is 6.39. The van der Waals surface area contributed by atoms with Crippen molar-refractivity contribution in [3.63, 3.8) is 0 Å². The van der Waals surface area contributed by atoms with Crippen LogP contribution in [0.2, 0.25) is 0 Å². The first-order chi connectivity index (χ1) is 12.1. The van der Waals surface area contributed by atoms with Gasteiger partial charge in [-0.25, -0.2) is 0 Å². The van der Waals surface area contributed by atoms with E-state index in [4.69, 9.17) is 4.52 Å². The molecular weight excluding hydrogens is 318 g/mol. The normalized spacial score (nSPS) is 13.2. The van der Waals surface area contributed by atoms with Crippen molar-refractivity contribution in [1.82, 2.24) is 15.4 Å². The van der Waals surface area contributed by atoms with Crippen molar-refractivity contribution >= 4 is 11.8 Å². The van der Waals surface area contributed by atoms with Crippen molar-refractivity contribution in [2.24, 2.45) is 0 Å². The molecule has 1 aliphatic carbocycles. The smallest absolute Gasteiger partial charge is 0.290 e. The molecule has 3 rings (SSSR count). The second kappa shape index (κ2) is 7.96. The molecule has 0 radical (unpaired) electrons. The maximum atomic E-state index is 12.3. The van der Waals surface area contributed by atoms with Gasteiger partial charge in [0.05, 0.1) is 5.69 Å². The van der Waals surface area contributed by atoms with Crippen molar-refractivity contribution in [2.45, 2.75) is 38.6 Å². The minimum absolute atomic E-state index is 0.0104. The van der Waals surface area contributed by atoms with Crippen LogP contribution in [-0.4, -0.2) is 35.5 Å². The van der Waals surface area contributed by atoms with Crippen molar-refractivity contribution < 1.29 is 14.1 Å². The van der Waals surface area contributed by atoms with Gasteiger partial charge in [0.15, 0.2) is 0 Å². The molecule has 0 fully saturated rings. The van der Waals surface area contributed by atoms with E-state index >= 15 is 0 Å². The molecule has 2 aromatic rings. The highest BCUT2D eigenvalue weighted by molar-refractivity contribution is 5.93. The molecule has 0 saturated carbocycles. The van der Waals surface area contributed by atoms with Crippen LogP contribution in [0.15, 0.2) is 34.9 Å². The average molecular weight is 341 g/mol. The van der Waals surface area contributed by atoms with Gasteiger partial charge in [-0.2, -0.15) is 0 Å². The van der Waals surface area contributed by atoms with Crippen molar-refractivity contribution in [1.29, 1.82) is 0 Å². The molecule has 6 nitrogen and oxygen atoms in total. The molecule has 1 aliphatic rings. The molecule has 0 spiro atoms. The van der Waals surface area contributed by atoms with Crippen LogP contribution < -0.4 is 5.32 Å². The lowest BCUT2D eigenvalue weighted by atomic mass is 9.96. The molecule has 2 amide bonds. The summed E-state index contributed by atoms with van der Waals surface area (Å²) in [6.45, 7) is 0.843. The van der Waals surface area contributed by atoms with E-state index in [9.17, 15) is 9.59 Å². The van der Waals surface area contributed by atoms with Gasteiger partial charge in [-0.05, 0) is 31.2 Å². The van der Waals surface area contributed by atoms with Gasteiger partial charge in [-0.1, -0.05) is 35.5 Å². The monoisotopic (exact) mass is 341 g/mol. The number of aryl methyl sites for hydroxylation is 1. The van der Waals surface area contributed by atoms with E-state index in [1.54, 1.807) is 11.9 Å². The Balaban J connectivity index is 1.46. The predicted octanol–water partition coefficient (Wildman–Crippen LogP) is 2.33. The minimum atomic E-state index is -0.283. The number of nitrogens with zero attached hydrogens (tertiary/aromatic N) is 2. The number of carbonyl (C=O) groups excluding carboxylic acids is 2. The molecular formula is C19H23N3O3. The second-order valence-electron chi connectivity index (χ2n) is 6.39. The zero-order valence-corrected chi connectivity index (χ0v) is 14.5. The van der Waals surface area contributed by atoms with Crippen LogP contribution in [0.4, 0.5) is 0 Å². The lowest BCUT2D eigenvalue weighted by Gasteiger charge is -2.17. The Morgan fingerprint density at radius 2 is 1.96 bits per heavy atom. The first-order valence-electron chi connectivity index (χ1n) is 8.68. The van der Waals surface area contributed by atoms with E-state index in [-0.39, 0.29) is 24.8 Å². The highest BCUT2D eigenvalue weighted by Gasteiger charge is 2.24. The number of carbonyl (C=O) groups is 2. The van der Waals surface area contributed by atoms with Gasteiger partial charge in [0, 0.05) is 32.1 Å². The third-order valence-electron chi connectivity index (χ3n) is 4.48. The Kier molecular flexibility index (Phi) is 5.48. The summed E-state index contributed by atoms with van der Waals surface area (Å²) in [6, 6.07) is 9.82. The van der Waals surface area contributed by atoms with Crippen molar-refractivity contribution in [3.05, 3.63) is 52.9 Å². The summed E-state index contributed by atoms with van der Waals surface area (Å²) in [4.78, 5) is 26.1. The third-order valence-corrected chi connectivity index (χ3v) is 4.48. The third kappa shape index (κ3) is 4.26. The Morgan fingerprint density at radius 1 is 1.20 bits per heavy atom. The summed E-state index contributed by atoms with van der Waals surface area (Å²) in [5, 5.41) is 6.75. The summed E-state index contributed by atoms with van der Waals surface area (Å²) in [5.74, 6) is 0.0118. The fourth-order valence-electron chi connectivity index (χ4n) is 3.07. The molecule has 0 bridgehead atoms. The van der Waals surface area contributed by atoms with E-state index < -0.39 is 0 Å². The zero-order valence-electron chi connectivity index (χ0n) is 14.5. The van der Waals surface area contributed by atoms with E-state index in [0.29, 0.717) is 12.3 Å². The SMILES string of the molecule is CN(Cc1ccccc1)C(=O)CCNC(=O)c1onc2c1CCCC2. The molecule has 132 valence electrons. The molecule has 25 heavy (non-hydrogen) atoms. The lowest BCUT2D eigenvalue weighted by molar-refractivity contribution is -0.130. The van der Waals surface area contributed by atoms with Gasteiger partial charge in [0.1, 0.15) is 0 Å². The van der Waals surface area contributed by atoms with Gasteiger partial charge in [-0.3, -0.25) is 9.59 Å². The molecule has 1 N–H and O–H groups in total. The van der Waals surface area contributed by atoms with Crippen LogP contribution in [0.3, 0.4) is 0 Å². The molecule has 1 aromatic heterocycles. The van der Waals surface area contributed by atoms with E-state index in [0.717, 1.165) is 42.5 Å². The first kappa shape index (κ1) is 17.2. The van der Waals surface area contributed by atoms with Gasteiger partial charge in [0.2, 0.25) is 11.7 Å². The topological polar surface area (TPSA) is 75.4 Å². The number of benzene rings is 1. The molecule has 0 atom stereocenters. The lowest BCUT2D eigenvalue weighted by Crippen LogP contribution is -2.32. The molecule has 1 heterocycles. The molecule has 1 aromatic carbocycles. The maximum Gasteiger partial charge on any atom is 0.290 e. The molecule has 0 unspecified atom stereocenters. The van der Waals surface area contributed by atoms with Crippen molar-refractivity contribution in [2.75, 3.05) is 13.6 Å². The number of hydrogen-bond donors (Lipinski definition) is 1. The van der Waals surface area contributed by atoms with Gasteiger partial charge >= 0.3 is 0 Å². The number of nitrogens with one attached hydrogen (secondary N) is 1. The number of aromatic nitrogens is 1. The van der Waals surface area contributed by atoms with Crippen molar-refractivity contribution in [3.8, 4) is 0 Å². The van der Waals surface area contributed by atoms with Crippen LogP contribution in [0.25, 0.3) is 0 Å². The summed E-state index contributed by atoms with van der Waals surface area (Å²) in [7, 11) is 1.77. The summed E-state index contributed by atoms with van der Waals surface area (Å²) in [6.07, 6.45) is 4.10. The molecule has 0 aliphatic heterocycles. The summed E-state index contributed by atoms with van der Waals surface area (Å²) >= 11 is 0. The van der Waals surface area contributed by atoms with Gasteiger partial charge in [0.25, 0.3) is 5.91 Å². The van der Waals surface area contributed by atoms with Gasteiger partial charge in [-0.15, -0.1) is 0 Å². The standard InChI is InChI=1S/C19H23N3O3/c1-22(13-14-7-3-2-4-8-14)17(23)11-12-20-19(24)18-15-9-5-6-10-16(15)21-25-18/h2-4,7-8H,5-6,9-13H2,1H3,(H,20,24). The zero-order chi connectivity index (χ0) is 17.6. The Morgan fingerprint density at radius 3 is 2.76 bits per heavy atom. The van der Waals surface area contributed by atoms with Crippen LogP contribution in [0, 0.1) is 0 Å². The van der Waals surface area contributed by atoms with Crippen LogP contribution in [0.1, 0.15) is 46.6 Å². The van der Waals surface area contributed by atoms with Crippen LogP contribution >= 0.6 is 0 Å². The largest absolute Gasteiger partial charge is 0.350 e. The number of rotatable bonds is 6. The van der Waals surface area contributed by atoms with Gasteiger partial charge < -0.3 is 14.7 Å². The predicted molar refractivity (Wildman–Crippen MR) is 93.0 cm³/mol. The van der Waals surface area contributed by atoms with E-state index in [1.165, 1.54) is 0 Å². The van der Waals surface area contributed by atoms with Crippen LogP contribution in [0.5, 0.6) is 0 Å². The van der Waals surface area contributed by atoms with Crippen LogP contribution in [-0.2, 0) is 24.2 Å². The minimum Gasteiger partial charge on any atom is -0.350 e. The van der Waals surface area contributed by atoms with E-state index in [2.05, 4.69) is 10.5 Å². The number of fused-ring (bicyclic) bond motifs is 1. The summed E-state index contributed by atoms with van der Waals surface area (Å²) < 4.78 is 5.21. The average Bonchev–Trinajstić information content (AvgIpc) is 3.06. The molecule has 6 heteroatoms. The maximum absolute atomic E-state index is 12.3. The fraction of sp³-hybridized carbons (Fsp3) is 0.421. The quantitative estimate of drug-likeness (QED) is 0.875. The number of amides is 2. The summed E-state index contributed by atoms with van der Waals surface area (Å²) in [5.41, 5.74) is 2.90. The fourth-order valence-corrected chi connectivity index (χ4v) is 3.07. The highest BCUT2D eigenvalue weighted by atomic mass is 16.5. The number of hydrogen-bond acceptors (Lipinski definition) is 4.